The smallest absolute Gasteiger partial charge is 0.160 e. The highest BCUT2D eigenvalue weighted by Gasteiger charge is 2.17. The predicted molar refractivity (Wildman–Crippen MR) is 209 cm³/mol. The van der Waals surface area contributed by atoms with Crippen LogP contribution in [-0.2, 0) is 0 Å². The molecule has 50 heavy (non-hydrogen) atoms. The standard InChI is InChI=1S/C47H29N3/c1-2-12-34(13-3-1)47-49-42-21-11-9-19-40(42)45(50-47)32-26-22-30(23-27-32)31-24-28-33(29-25-31)46-44-38-17-7-5-15-36(38)35-14-4-6-16-37(35)43(44)39-18-8-10-20-41(39)48-46/h1-29H. The maximum atomic E-state index is 5.32. The fraction of sp³-hybridized carbons (Fsp3) is 0. The second kappa shape index (κ2) is 11.5. The van der Waals surface area contributed by atoms with Gasteiger partial charge in [-0.25, -0.2) is 15.0 Å². The lowest BCUT2D eigenvalue weighted by Gasteiger charge is -2.16. The quantitative estimate of drug-likeness (QED) is 0.181. The molecule has 8 aromatic carbocycles. The number of rotatable bonds is 4. The van der Waals surface area contributed by atoms with Gasteiger partial charge in [0.2, 0.25) is 0 Å². The average Bonchev–Trinajstić information content (AvgIpc) is 3.20. The molecule has 0 saturated heterocycles. The minimum Gasteiger partial charge on any atom is -0.247 e. The van der Waals surface area contributed by atoms with Crippen LogP contribution in [-0.4, -0.2) is 15.0 Å². The van der Waals surface area contributed by atoms with Gasteiger partial charge in [0.15, 0.2) is 5.82 Å². The van der Waals surface area contributed by atoms with Gasteiger partial charge in [0.05, 0.1) is 22.4 Å². The second-order valence-electron chi connectivity index (χ2n) is 12.8. The molecule has 10 aromatic rings. The molecule has 10 rings (SSSR count). The number of hydrogen-bond donors (Lipinski definition) is 0. The summed E-state index contributed by atoms with van der Waals surface area (Å²) in [5.41, 5.74) is 9.35. The molecule has 0 aliphatic rings. The molecule has 2 aromatic heterocycles. The molecule has 0 unspecified atom stereocenters. The zero-order valence-corrected chi connectivity index (χ0v) is 27.1. The summed E-state index contributed by atoms with van der Waals surface area (Å²) in [7, 11) is 0. The molecule has 0 saturated carbocycles. The highest BCUT2D eigenvalue weighted by molar-refractivity contribution is 6.33. The van der Waals surface area contributed by atoms with E-state index >= 15 is 0 Å². The lowest BCUT2D eigenvalue weighted by molar-refractivity contribution is 1.23. The van der Waals surface area contributed by atoms with Gasteiger partial charge in [-0.05, 0) is 44.8 Å². The van der Waals surface area contributed by atoms with E-state index in [4.69, 9.17) is 15.0 Å². The van der Waals surface area contributed by atoms with Gasteiger partial charge in [0.25, 0.3) is 0 Å². The van der Waals surface area contributed by atoms with Gasteiger partial charge >= 0.3 is 0 Å². The van der Waals surface area contributed by atoms with Crippen LogP contribution in [0.5, 0.6) is 0 Å². The Bertz CT molecular complexity index is 2890. The summed E-state index contributed by atoms with van der Waals surface area (Å²) in [6, 6.07) is 62.0. The van der Waals surface area contributed by atoms with E-state index in [1.54, 1.807) is 0 Å². The van der Waals surface area contributed by atoms with Gasteiger partial charge < -0.3 is 0 Å². The molecule has 0 amide bonds. The van der Waals surface area contributed by atoms with Crippen molar-refractivity contribution in [1.29, 1.82) is 0 Å². The van der Waals surface area contributed by atoms with E-state index < -0.39 is 0 Å². The maximum Gasteiger partial charge on any atom is 0.160 e. The maximum absolute atomic E-state index is 5.32. The second-order valence-corrected chi connectivity index (χ2v) is 12.8. The first-order valence-corrected chi connectivity index (χ1v) is 17.0. The molecular formula is C47H29N3. The summed E-state index contributed by atoms with van der Waals surface area (Å²) in [6.07, 6.45) is 0. The van der Waals surface area contributed by atoms with Crippen LogP contribution < -0.4 is 0 Å². The topological polar surface area (TPSA) is 38.7 Å². The monoisotopic (exact) mass is 635 g/mol. The Morgan fingerprint density at radius 2 is 0.680 bits per heavy atom. The van der Waals surface area contributed by atoms with Crippen molar-refractivity contribution < 1.29 is 0 Å². The number of fused-ring (bicyclic) bond motifs is 9. The van der Waals surface area contributed by atoms with Gasteiger partial charge in [0, 0.05) is 38.2 Å². The predicted octanol–water partition coefficient (Wildman–Crippen LogP) is 12.3. The minimum atomic E-state index is 0.731. The van der Waals surface area contributed by atoms with Gasteiger partial charge in [-0.2, -0.15) is 0 Å². The molecule has 3 heteroatoms. The molecule has 0 bridgehead atoms. The van der Waals surface area contributed by atoms with Crippen molar-refractivity contribution in [2.75, 3.05) is 0 Å². The number of benzene rings is 8. The van der Waals surface area contributed by atoms with E-state index in [0.717, 1.165) is 61.4 Å². The Morgan fingerprint density at radius 1 is 0.240 bits per heavy atom. The van der Waals surface area contributed by atoms with Crippen molar-refractivity contribution in [2.24, 2.45) is 0 Å². The van der Waals surface area contributed by atoms with Gasteiger partial charge in [0.1, 0.15) is 0 Å². The Kier molecular flexibility index (Phi) is 6.49. The summed E-state index contributed by atoms with van der Waals surface area (Å²) in [4.78, 5) is 15.3. The van der Waals surface area contributed by atoms with Gasteiger partial charge in [-0.1, -0.05) is 164 Å². The molecule has 0 aliphatic heterocycles. The molecular weight excluding hydrogens is 607 g/mol. The van der Waals surface area contributed by atoms with Crippen molar-refractivity contribution in [3.63, 3.8) is 0 Å². The number of aromatic nitrogens is 3. The third-order valence-corrected chi connectivity index (χ3v) is 9.86. The van der Waals surface area contributed by atoms with E-state index in [1.807, 2.05) is 30.3 Å². The molecule has 0 fully saturated rings. The van der Waals surface area contributed by atoms with Crippen molar-refractivity contribution in [3.8, 4) is 45.0 Å². The molecule has 0 spiro atoms. The van der Waals surface area contributed by atoms with E-state index in [1.165, 1.54) is 37.7 Å². The number of hydrogen-bond acceptors (Lipinski definition) is 3. The van der Waals surface area contributed by atoms with Crippen LogP contribution in [0.4, 0.5) is 0 Å². The molecule has 0 N–H and O–H groups in total. The fourth-order valence-electron chi connectivity index (χ4n) is 7.49. The summed E-state index contributed by atoms with van der Waals surface area (Å²) >= 11 is 0. The van der Waals surface area contributed by atoms with Crippen LogP contribution in [0.25, 0.3) is 99.2 Å². The van der Waals surface area contributed by atoms with Crippen LogP contribution >= 0.6 is 0 Å². The summed E-state index contributed by atoms with van der Waals surface area (Å²) in [5.74, 6) is 0.731. The lowest BCUT2D eigenvalue weighted by Crippen LogP contribution is -1.95. The first-order chi connectivity index (χ1) is 24.8. The largest absolute Gasteiger partial charge is 0.247 e. The molecule has 0 atom stereocenters. The van der Waals surface area contributed by atoms with Crippen molar-refractivity contribution >= 4 is 54.1 Å². The van der Waals surface area contributed by atoms with Gasteiger partial charge in [-0.15, -0.1) is 0 Å². The molecule has 3 nitrogen and oxygen atoms in total. The lowest BCUT2D eigenvalue weighted by atomic mass is 9.89. The number of pyridine rings is 1. The van der Waals surface area contributed by atoms with E-state index in [9.17, 15) is 0 Å². The van der Waals surface area contributed by atoms with Crippen LogP contribution in [0.1, 0.15) is 0 Å². The Labute approximate surface area is 289 Å². The third kappa shape index (κ3) is 4.56. The third-order valence-electron chi connectivity index (χ3n) is 9.86. The Hall–Kier alpha value is -6.71. The van der Waals surface area contributed by atoms with Crippen LogP contribution in [0.2, 0.25) is 0 Å². The zero-order chi connectivity index (χ0) is 33.0. The van der Waals surface area contributed by atoms with Crippen molar-refractivity contribution in [3.05, 3.63) is 176 Å². The highest BCUT2D eigenvalue weighted by Crippen LogP contribution is 2.43. The molecule has 0 radical (unpaired) electrons. The molecule has 2 heterocycles. The molecule has 232 valence electrons. The van der Waals surface area contributed by atoms with Crippen LogP contribution in [0, 0.1) is 0 Å². The van der Waals surface area contributed by atoms with E-state index in [2.05, 4.69) is 146 Å². The van der Waals surface area contributed by atoms with Crippen molar-refractivity contribution in [1.82, 2.24) is 15.0 Å². The minimum absolute atomic E-state index is 0.731. The zero-order valence-electron chi connectivity index (χ0n) is 27.1. The van der Waals surface area contributed by atoms with Gasteiger partial charge in [-0.3, -0.25) is 0 Å². The van der Waals surface area contributed by atoms with E-state index in [0.29, 0.717) is 0 Å². The fourth-order valence-corrected chi connectivity index (χ4v) is 7.49. The Balaban J connectivity index is 1.08. The SMILES string of the molecule is c1ccc(-c2nc(-c3ccc(-c4ccc(-c5nc6ccccc6c6c7ccccc7c7ccccc7c56)cc4)cc3)c3ccccc3n2)cc1. The first kappa shape index (κ1) is 28.3. The Morgan fingerprint density at radius 3 is 1.30 bits per heavy atom. The molecule has 0 aliphatic carbocycles. The normalized spacial score (nSPS) is 11.6. The van der Waals surface area contributed by atoms with E-state index in [-0.39, 0.29) is 0 Å². The van der Waals surface area contributed by atoms with Crippen LogP contribution in [0.3, 0.4) is 0 Å². The highest BCUT2D eigenvalue weighted by atomic mass is 14.9. The summed E-state index contributed by atoms with van der Waals surface area (Å²) in [5, 5.41) is 9.67. The summed E-state index contributed by atoms with van der Waals surface area (Å²) < 4.78 is 0. The first-order valence-electron chi connectivity index (χ1n) is 17.0. The van der Waals surface area contributed by atoms with Crippen molar-refractivity contribution in [2.45, 2.75) is 0 Å². The number of nitrogens with zero attached hydrogens (tertiary/aromatic N) is 3. The number of para-hydroxylation sites is 2. The summed E-state index contributed by atoms with van der Waals surface area (Å²) in [6.45, 7) is 0. The van der Waals surface area contributed by atoms with Crippen LogP contribution in [0.15, 0.2) is 176 Å². The average molecular weight is 636 g/mol.